The Balaban J connectivity index is 2.14. The van der Waals surface area contributed by atoms with E-state index in [9.17, 15) is 4.79 Å². The third-order valence-corrected chi connectivity index (χ3v) is 3.32. The Hall–Kier alpha value is -2.33. The van der Waals surface area contributed by atoms with Crippen molar-refractivity contribution < 1.29 is 4.79 Å². The molecule has 2 amide bonds. The molecular formula is C17H21N3O. The zero-order valence-corrected chi connectivity index (χ0v) is 12.5. The van der Waals surface area contributed by atoms with Gasteiger partial charge in [0.15, 0.2) is 0 Å². The van der Waals surface area contributed by atoms with Crippen molar-refractivity contribution in [3.63, 3.8) is 0 Å². The molecular weight excluding hydrogens is 262 g/mol. The van der Waals surface area contributed by atoms with Crippen molar-refractivity contribution in [1.29, 1.82) is 0 Å². The smallest absolute Gasteiger partial charge is 0.326 e. The van der Waals surface area contributed by atoms with Crippen LogP contribution in [0, 0.1) is 6.92 Å². The molecule has 0 aliphatic rings. The molecule has 21 heavy (non-hydrogen) atoms. The van der Waals surface area contributed by atoms with E-state index in [-0.39, 0.29) is 6.03 Å². The van der Waals surface area contributed by atoms with E-state index < -0.39 is 0 Å². The molecule has 0 aliphatic carbocycles. The molecule has 2 rings (SSSR count). The van der Waals surface area contributed by atoms with Gasteiger partial charge in [-0.3, -0.25) is 4.90 Å². The molecule has 0 spiro atoms. The molecule has 0 saturated carbocycles. The minimum absolute atomic E-state index is 0.143. The third kappa shape index (κ3) is 3.83. The Morgan fingerprint density at radius 1 is 1.19 bits per heavy atom. The van der Waals surface area contributed by atoms with Crippen LogP contribution in [0.2, 0.25) is 0 Å². The number of benzene rings is 2. The van der Waals surface area contributed by atoms with E-state index in [4.69, 9.17) is 5.73 Å². The minimum atomic E-state index is -0.143. The highest BCUT2D eigenvalue weighted by Crippen LogP contribution is 2.17. The van der Waals surface area contributed by atoms with Gasteiger partial charge >= 0.3 is 6.03 Å². The normalized spacial score (nSPS) is 10.2. The molecule has 2 aromatic carbocycles. The third-order valence-electron chi connectivity index (χ3n) is 3.32. The largest absolute Gasteiger partial charge is 0.326 e. The lowest BCUT2D eigenvalue weighted by molar-refractivity contribution is 0.257. The molecule has 0 aromatic heterocycles. The van der Waals surface area contributed by atoms with Crippen LogP contribution in [0.3, 0.4) is 0 Å². The van der Waals surface area contributed by atoms with E-state index in [1.165, 1.54) is 5.56 Å². The second kappa shape index (κ2) is 6.90. The average molecular weight is 283 g/mol. The number of nitrogens with zero attached hydrogens (tertiary/aromatic N) is 1. The predicted molar refractivity (Wildman–Crippen MR) is 87.6 cm³/mol. The molecule has 3 N–H and O–H groups in total. The first-order chi connectivity index (χ1) is 10.1. The van der Waals surface area contributed by atoms with E-state index in [0.29, 0.717) is 13.1 Å². The minimum Gasteiger partial charge on any atom is -0.326 e. The highest BCUT2D eigenvalue weighted by Gasteiger charge is 2.13. The summed E-state index contributed by atoms with van der Waals surface area (Å²) in [5.74, 6) is 0. The molecule has 4 heteroatoms. The Morgan fingerprint density at radius 2 is 1.90 bits per heavy atom. The van der Waals surface area contributed by atoms with Gasteiger partial charge in [0.1, 0.15) is 0 Å². The van der Waals surface area contributed by atoms with Crippen molar-refractivity contribution in [1.82, 2.24) is 0 Å². The summed E-state index contributed by atoms with van der Waals surface area (Å²) in [6.07, 6.45) is 0. The highest BCUT2D eigenvalue weighted by molar-refractivity contribution is 6.01. The van der Waals surface area contributed by atoms with Crippen LogP contribution in [-0.2, 0) is 6.54 Å². The highest BCUT2D eigenvalue weighted by atomic mass is 16.2. The first-order valence-corrected chi connectivity index (χ1v) is 7.08. The SMILES string of the molecule is CCN(C(=O)Nc1cccc(CN)c1)c1ccc(C)cc1. The average Bonchev–Trinajstić information content (AvgIpc) is 2.50. The van der Waals surface area contributed by atoms with Crippen LogP contribution in [0.1, 0.15) is 18.1 Å². The van der Waals surface area contributed by atoms with Gasteiger partial charge < -0.3 is 11.1 Å². The number of urea groups is 1. The molecule has 0 unspecified atom stereocenters. The maximum atomic E-state index is 12.4. The van der Waals surface area contributed by atoms with Gasteiger partial charge in [-0.2, -0.15) is 0 Å². The van der Waals surface area contributed by atoms with E-state index >= 15 is 0 Å². The lowest BCUT2D eigenvalue weighted by Gasteiger charge is -2.22. The summed E-state index contributed by atoms with van der Waals surface area (Å²) >= 11 is 0. The number of amides is 2. The molecule has 0 bridgehead atoms. The van der Waals surface area contributed by atoms with Gasteiger partial charge in [0, 0.05) is 24.5 Å². The predicted octanol–water partition coefficient (Wildman–Crippen LogP) is 3.51. The van der Waals surface area contributed by atoms with Gasteiger partial charge in [-0.1, -0.05) is 29.8 Å². The maximum Gasteiger partial charge on any atom is 0.326 e. The van der Waals surface area contributed by atoms with E-state index in [2.05, 4.69) is 5.32 Å². The van der Waals surface area contributed by atoms with E-state index in [1.807, 2.05) is 62.4 Å². The summed E-state index contributed by atoms with van der Waals surface area (Å²) in [5, 5.41) is 2.91. The van der Waals surface area contributed by atoms with Crippen LogP contribution in [0.5, 0.6) is 0 Å². The number of hydrogen-bond acceptors (Lipinski definition) is 2. The quantitative estimate of drug-likeness (QED) is 0.902. The second-order valence-corrected chi connectivity index (χ2v) is 4.91. The molecule has 4 nitrogen and oxygen atoms in total. The van der Waals surface area contributed by atoms with Gasteiger partial charge in [0.05, 0.1) is 0 Å². The van der Waals surface area contributed by atoms with Crippen molar-refractivity contribution in [2.75, 3.05) is 16.8 Å². The fraction of sp³-hybridized carbons (Fsp3) is 0.235. The molecule has 0 fully saturated rings. The molecule has 0 atom stereocenters. The number of nitrogens with two attached hydrogens (primary N) is 1. The lowest BCUT2D eigenvalue weighted by Crippen LogP contribution is -2.34. The van der Waals surface area contributed by atoms with Crippen LogP contribution >= 0.6 is 0 Å². The number of anilines is 2. The van der Waals surface area contributed by atoms with Crippen LogP contribution < -0.4 is 16.0 Å². The van der Waals surface area contributed by atoms with Crippen molar-refractivity contribution in [2.45, 2.75) is 20.4 Å². The zero-order valence-electron chi connectivity index (χ0n) is 12.5. The van der Waals surface area contributed by atoms with Crippen molar-refractivity contribution >= 4 is 17.4 Å². The van der Waals surface area contributed by atoms with Gasteiger partial charge in [-0.25, -0.2) is 4.79 Å². The monoisotopic (exact) mass is 283 g/mol. The van der Waals surface area contributed by atoms with Crippen LogP contribution in [0.15, 0.2) is 48.5 Å². The second-order valence-electron chi connectivity index (χ2n) is 4.91. The summed E-state index contributed by atoms with van der Waals surface area (Å²) in [4.78, 5) is 14.1. The first-order valence-electron chi connectivity index (χ1n) is 7.08. The molecule has 0 saturated heterocycles. The van der Waals surface area contributed by atoms with Gasteiger partial charge in [-0.05, 0) is 43.7 Å². The van der Waals surface area contributed by atoms with Gasteiger partial charge in [-0.15, -0.1) is 0 Å². The van der Waals surface area contributed by atoms with Gasteiger partial charge in [0.2, 0.25) is 0 Å². The Labute approximate surface area is 125 Å². The maximum absolute atomic E-state index is 12.4. The Bertz CT molecular complexity index is 608. The first kappa shape index (κ1) is 15.1. The fourth-order valence-electron chi connectivity index (χ4n) is 2.14. The van der Waals surface area contributed by atoms with Crippen LogP contribution in [0.4, 0.5) is 16.2 Å². The van der Waals surface area contributed by atoms with Crippen molar-refractivity contribution in [2.24, 2.45) is 5.73 Å². The number of aryl methyl sites for hydroxylation is 1. The number of rotatable bonds is 4. The van der Waals surface area contributed by atoms with E-state index in [1.54, 1.807) is 4.90 Å². The molecule has 0 radical (unpaired) electrons. The molecule has 0 aliphatic heterocycles. The van der Waals surface area contributed by atoms with Crippen molar-refractivity contribution in [3.8, 4) is 0 Å². The molecule has 110 valence electrons. The summed E-state index contributed by atoms with van der Waals surface area (Å²) in [6.45, 7) is 5.04. The fourth-order valence-corrected chi connectivity index (χ4v) is 2.14. The topological polar surface area (TPSA) is 58.4 Å². The number of carbonyl (C=O) groups excluding carboxylic acids is 1. The van der Waals surface area contributed by atoms with Crippen molar-refractivity contribution in [3.05, 3.63) is 59.7 Å². The standard InChI is InChI=1S/C17H21N3O/c1-3-20(16-9-7-13(2)8-10-16)17(21)19-15-6-4-5-14(11-15)12-18/h4-11H,3,12,18H2,1-2H3,(H,19,21). The lowest BCUT2D eigenvalue weighted by atomic mass is 10.2. The Morgan fingerprint density at radius 3 is 2.52 bits per heavy atom. The molecule has 0 heterocycles. The summed E-state index contributed by atoms with van der Waals surface area (Å²) < 4.78 is 0. The number of nitrogens with one attached hydrogen (secondary N) is 1. The van der Waals surface area contributed by atoms with Gasteiger partial charge in [0.25, 0.3) is 0 Å². The van der Waals surface area contributed by atoms with Crippen LogP contribution in [0.25, 0.3) is 0 Å². The Kier molecular flexibility index (Phi) is 4.95. The molecule has 2 aromatic rings. The summed E-state index contributed by atoms with van der Waals surface area (Å²) in [6, 6.07) is 15.3. The number of carbonyl (C=O) groups is 1. The van der Waals surface area contributed by atoms with E-state index in [0.717, 1.165) is 16.9 Å². The zero-order chi connectivity index (χ0) is 15.2. The summed E-state index contributed by atoms with van der Waals surface area (Å²) in [5.41, 5.74) is 9.42. The summed E-state index contributed by atoms with van der Waals surface area (Å²) in [7, 11) is 0. The van der Waals surface area contributed by atoms with Crippen LogP contribution in [-0.4, -0.2) is 12.6 Å². The number of hydrogen-bond donors (Lipinski definition) is 2.